The number of carbonyl (C=O) groups excluding carboxylic acids is 2. The van der Waals surface area contributed by atoms with Crippen LogP contribution < -0.4 is 16.4 Å². The van der Waals surface area contributed by atoms with Gasteiger partial charge in [-0.1, -0.05) is 25.1 Å². The number of hydrogen-bond donors (Lipinski definition) is 2. The molecule has 0 radical (unpaired) electrons. The van der Waals surface area contributed by atoms with Crippen LogP contribution in [0.1, 0.15) is 40.0 Å². The molecule has 2 N–H and O–H groups in total. The summed E-state index contributed by atoms with van der Waals surface area (Å²) in [6, 6.07) is 10.6. The molecule has 0 spiro atoms. The van der Waals surface area contributed by atoms with Crippen LogP contribution in [-0.4, -0.2) is 21.6 Å². The summed E-state index contributed by atoms with van der Waals surface area (Å²) in [4.78, 5) is 37.9. The number of fused-ring (bicyclic) bond motifs is 2. The first-order chi connectivity index (χ1) is 14.9. The van der Waals surface area contributed by atoms with E-state index < -0.39 is 17.6 Å². The molecule has 0 aliphatic carbocycles. The lowest BCUT2D eigenvalue weighted by atomic mass is 10.1. The molecule has 0 unspecified atom stereocenters. The number of aryl methyl sites for hydroxylation is 2. The van der Waals surface area contributed by atoms with Crippen molar-refractivity contribution in [2.24, 2.45) is 0 Å². The average molecular weight is 422 g/mol. The third-order valence-corrected chi connectivity index (χ3v) is 4.91. The average Bonchev–Trinajstić information content (AvgIpc) is 3.10. The van der Waals surface area contributed by atoms with E-state index in [2.05, 4.69) is 16.0 Å². The highest BCUT2D eigenvalue weighted by atomic mass is 19.1. The van der Waals surface area contributed by atoms with Gasteiger partial charge in [0.1, 0.15) is 11.4 Å². The topological polar surface area (TPSA) is 106 Å². The van der Waals surface area contributed by atoms with Gasteiger partial charge in [-0.2, -0.15) is 5.10 Å². The molecular weight excluding hydrogens is 403 g/mol. The highest BCUT2D eigenvalue weighted by molar-refractivity contribution is 6.06. The fourth-order valence-corrected chi connectivity index (χ4v) is 3.41. The summed E-state index contributed by atoms with van der Waals surface area (Å²) >= 11 is 0. The number of amides is 2. The number of nitrogens with one attached hydrogen (secondary N) is 2. The van der Waals surface area contributed by atoms with Gasteiger partial charge in [-0.05, 0) is 37.6 Å². The van der Waals surface area contributed by atoms with E-state index in [0.29, 0.717) is 40.3 Å². The summed E-state index contributed by atoms with van der Waals surface area (Å²) in [5, 5.41) is 5.38. The van der Waals surface area contributed by atoms with Gasteiger partial charge in [0, 0.05) is 22.9 Å². The summed E-state index contributed by atoms with van der Waals surface area (Å²) in [6.07, 6.45) is 0.662. The Morgan fingerprint density at radius 2 is 1.77 bits per heavy atom. The van der Waals surface area contributed by atoms with Gasteiger partial charge in [-0.15, -0.1) is 0 Å². The van der Waals surface area contributed by atoms with Crippen molar-refractivity contribution in [3.05, 3.63) is 75.7 Å². The van der Waals surface area contributed by atoms with Gasteiger partial charge in [0.05, 0.1) is 5.39 Å². The number of halogens is 1. The minimum atomic E-state index is -0.700. The molecule has 4 rings (SSSR count). The zero-order valence-corrected chi connectivity index (χ0v) is 16.9. The molecule has 4 aromatic rings. The molecule has 2 aromatic carbocycles. The van der Waals surface area contributed by atoms with Gasteiger partial charge in [0.15, 0.2) is 11.5 Å². The van der Waals surface area contributed by atoms with E-state index in [-0.39, 0.29) is 17.0 Å². The number of carbonyl (C=O) groups is 2. The second-order valence-electron chi connectivity index (χ2n) is 7.03. The van der Waals surface area contributed by atoms with Gasteiger partial charge in [-0.3, -0.25) is 25.2 Å². The van der Waals surface area contributed by atoms with Crippen molar-refractivity contribution in [3.8, 4) is 0 Å². The van der Waals surface area contributed by atoms with E-state index in [1.54, 1.807) is 31.2 Å². The molecule has 0 atom stereocenters. The number of hydrogen-bond acceptors (Lipinski definition) is 5. The maximum absolute atomic E-state index is 13.5. The highest BCUT2D eigenvalue weighted by Crippen LogP contribution is 2.25. The summed E-state index contributed by atoms with van der Waals surface area (Å²) in [6.45, 7) is 3.87. The SMILES string of the molecule is CCCn1nc(C(=O)NNC(=O)c2oc3ccc(F)cc3c2C)c2ccccc2c1=O. The monoisotopic (exact) mass is 422 g/mol. The maximum atomic E-state index is 13.5. The van der Waals surface area contributed by atoms with E-state index in [1.807, 2.05) is 6.92 Å². The number of nitrogens with zero attached hydrogens (tertiary/aromatic N) is 2. The van der Waals surface area contributed by atoms with E-state index in [9.17, 15) is 18.8 Å². The fraction of sp³-hybridized carbons (Fsp3) is 0.182. The summed E-state index contributed by atoms with van der Waals surface area (Å²) < 4.78 is 20.2. The molecule has 2 amide bonds. The lowest BCUT2D eigenvalue weighted by molar-refractivity contribution is 0.0829. The molecule has 8 nitrogen and oxygen atoms in total. The Morgan fingerprint density at radius 3 is 2.52 bits per heavy atom. The number of benzene rings is 2. The molecule has 0 bridgehead atoms. The fourth-order valence-electron chi connectivity index (χ4n) is 3.41. The lowest BCUT2D eigenvalue weighted by Crippen LogP contribution is -2.43. The summed E-state index contributed by atoms with van der Waals surface area (Å²) in [5.41, 5.74) is 5.12. The molecule has 31 heavy (non-hydrogen) atoms. The minimum Gasteiger partial charge on any atom is -0.451 e. The summed E-state index contributed by atoms with van der Waals surface area (Å²) in [5.74, 6) is -1.88. The molecule has 0 fully saturated rings. The third-order valence-electron chi connectivity index (χ3n) is 4.91. The Bertz CT molecular complexity index is 1390. The van der Waals surface area contributed by atoms with E-state index in [0.717, 1.165) is 0 Å². The van der Waals surface area contributed by atoms with Crippen LogP contribution in [-0.2, 0) is 6.54 Å². The van der Waals surface area contributed by atoms with Crippen LogP contribution in [0.15, 0.2) is 51.7 Å². The Kier molecular flexibility index (Phi) is 5.24. The molecule has 2 heterocycles. The van der Waals surface area contributed by atoms with Gasteiger partial charge < -0.3 is 4.42 Å². The second kappa shape index (κ2) is 8.02. The standard InChI is InChI=1S/C22H19FN4O4/c1-3-10-27-22(30)15-7-5-4-6-14(15)18(26-27)20(28)24-25-21(29)19-12(2)16-11-13(23)8-9-17(16)31-19/h4-9,11H,3,10H2,1-2H3,(H,24,28)(H,25,29). The first kappa shape index (κ1) is 20.3. The zero-order valence-electron chi connectivity index (χ0n) is 16.9. The number of rotatable bonds is 4. The molecule has 2 aromatic heterocycles. The smallest absolute Gasteiger partial charge is 0.305 e. The molecule has 0 saturated carbocycles. The van der Waals surface area contributed by atoms with Crippen LogP contribution in [0, 0.1) is 12.7 Å². The predicted molar refractivity (Wildman–Crippen MR) is 112 cm³/mol. The molecule has 158 valence electrons. The number of hydrazine groups is 1. The first-order valence-corrected chi connectivity index (χ1v) is 9.70. The van der Waals surface area contributed by atoms with Gasteiger partial charge in [-0.25, -0.2) is 9.07 Å². The van der Waals surface area contributed by atoms with Crippen molar-refractivity contribution in [1.29, 1.82) is 0 Å². The largest absolute Gasteiger partial charge is 0.451 e. The van der Waals surface area contributed by atoms with Gasteiger partial charge in [0.2, 0.25) is 0 Å². The van der Waals surface area contributed by atoms with Crippen molar-refractivity contribution < 1.29 is 18.4 Å². The Balaban J connectivity index is 1.61. The number of furan rings is 1. The van der Waals surface area contributed by atoms with E-state index in [4.69, 9.17) is 4.42 Å². The summed E-state index contributed by atoms with van der Waals surface area (Å²) in [7, 11) is 0. The minimum absolute atomic E-state index is 0.00680. The van der Waals surface area contributed by atoms with Gasteiger partial charge in [0.25, 0.3) is 11.5 Å². The van der Waals surface area contributed by atoms with Crippen LogP contribution in [0.2, 0.25) is 0 Å². The van der Waals surface area contributed by atoms with Crippen molar-refractivity contribution in [3.63, 3.8) is 0 Å². The van der Waals surface area contributed by atoms with Crippen molar-refractivity contribution >= 4 is 33.6 Å². The van der Waals surface area contributed by atoms with Crippen LogP contribution in [0.4, 0.5) is 4.39 Å². The van der Waals surface area contributed by atoms with Crippen LogP contribution in [0.25, 0.3) is 21.7 Å². The zero-order chi connectivity index (χ0) is 22.1. The number of aromatic nitrogens is 2. The molecule has 0 aliphatic heterocycles. The quantitative estimate of drug-likeness (QED) is 0.492. The first-order valence-electron chi connectivity index (χ1n) is 9.70. The Morgan fingerprint density at radius 1 is 1.06 bits per heavy atom. The molecule has 9 heteroatoms. The van der Waals surface area contributed by atoms with E-state index in [1.165, 1.54) is 22.9 Å². The van der Waals surface area contributed by atoms with Gasteiger partial charge >= 0.3 is 5.91 Å². The van der Waals surface area contributed by atoms with Crippen molar-refractivity contribution in [2.75, 3.05) is 0 Å². The van der Waals surface area contributed by atoms with Crippen LogP contribution >= 0.6 is 0 Å². The highest BCUT2D eigenvalue weighted by Gasteiger charge is 2.21. The van der Waals surface area contributed by atoms with Crippen molar-refractivity contribution in [2.45, 2.75) is 26.8 Å². The molecular formula is C22H19FN4O4. The Hall–Kier alpha value is -4.01. The van der Waals surface area contributed by atoms with Crippen LogP contribution in [0.5, 0.6) is 0 Å². The normalized spacial score (nSPS) is 11.1. The molecule has 0 saturated heterocycles. The second-order valence-corrected chi connectivity index (χ2v) is 7.03. The predicted octanol–water partition coefficient (Wildman–Crippen LogP) is 3.08. The van der Waals surface area contributed by atoms with Crippen LogP contribution in [0.3, 0.4) is 0 Å². The lowest BCUT2D eigenvalue weighted by Gasteiger charge is -2.11. The molecule has 0 aliphatic rings. The van der Waals surface area contributed by atoms with E-state index >= 15 is 0 Å². The maximum Gasteiger partial charge on any atom is 0.305 e. The Labute approximate surface area is 175 Å². The third kappa shape index (κ3) is 3.65. The van der Waals surface area contributed by atoms with Crippen molar-refractivity contribution in [1.82, 2.24) is 20.6 Å².